The van der Waals surface area contributed by atoms with Crippen molar-refractivity contribution >= 4 is 5.97 Å². The maximum absolute atomic E-state index is 13.2. The van der Waals surface area contributed by atoms with Gasteiger partial charge in [-0.1, -0.05) is 0 Å². The Kier molecular flexibility index (Phi) is 2.09. The second-order valence-corrected chi connectivity index (χ2v) is 2.82. The van der Waals surface area contributed by atoms with E-state index in [-0.39, 0.29) is 30.3 Å². The average molecular weight is 198 g/mol. The van der Waals surface area contributed by atoms with Crippen LogP contribution in [0.15, 0.2) is 12.1 Å². The van der Waals surface area contributed by atoms with Crippen molar-refractivity contribution in [3.63, 3.8) is 0 Å². The first-order valence-corrected chi connectivity index (χ1v) is 3.95. The van der Waals surface area contributed by atoms with E-state index >= 15 is 0 Å². The van der Waals surface area contributed by atoms with Gasteiger partial charge >= 0.3 is 5.97 Å². The maximum Gasteiger partial charge on any atom is 0.339 e. The lowest BCUT2D eigenvalue weighted by Gasteiger charge is -2.19. The van der Waals surface area contributed by atoms with Crippen molar-refractivity contribution in [2.45, 2.75) is 6.61 Å². The topological polar surface area (TPSA) is 55.8 Å². The number of ether oxygens (including phenoxy) is 2. The first-order valence-electron chi connectivity index (χ1n) is 3.95. The molecule has 1 aromatic carbocycles. The van der Waals surface area contributed by atoms with Gasteiger partial charge in [0, 0.05) is 0 Å². The highest BCUT2D eigenvalue weighted by atomic mass is 19.1. The zero-order valence-corrected chi connectivity index (χ0v) is 7.12. The molecule has 4 nitrogen and oxygen atoms in total. The number of fused-ring (bicyclic) bond motifs is 1. The first kappa shape index (κ1) is 8.96. The molecule has 0 amide bonds. The SMILES string of the molecule is O=C(O)c1ccc(F)c2c1OCOC2. The van der Waals surface area contributed by atoms with Crippen molar-refractivity contribution in [1.82, 2.24) is 0 Å². The Hall–Kier alpha value is -1.62. The largest absolute Gasteiger partial charge is 0.478 e. The fraction of sp³-hybridized carbons (Fsp3) is 0.222. The third-order valence-corrected chi connectivity index (χ3v) is 1.97. The van der Waals surface area contributed by atoms with Crippen molar-refractivity contribution in [3.8, 4) is 5.75 Å². The molecule has 1 N–H and O–H groups in total. The number of benzene rings is 1. The Balaban J connectivity index is 2.59. The molecule has 0 saturated heterocycles. The molecule has 0 unspecified atom stereocenters. The number of carboxylic acids is 1. The molecule has 0 bridgehead atoms. The van der Waals surface area contributed by atoms with Gasteiger partial charge in [0.25, 0.3) is 0 Å². The number of rotatable bonds is 1. The fourth-order valence-corrected chi connectivity index (χ4v) is 1.32. The van der Waals surface area contributed by atoms with Crippen LogP contribution < -0.4 is 4.74 Å². The molecular weight excluding hydrogens is 191 g/mol. The maximum atomic E-state index is 13.2. The van der Waals surface area contributed by atoms with Crippen LogP contribution in [0.25, 0.3) is 0 Å². The second kappa shape index (κ2) is 3.26. The van der Waals surface area contributed by atoms with Crippen LogP contribution in [0.4, 0.5) is 4.39 Å². The third-order valence-electron chi connectivity index (χ3n) is 1.97. The molecule has 5 heteroatoms. The Morgan fingerprint density at radius 2 is 2.29 bits per heavy atom. The lowest BCUT2D eigenvalue weighted by Crippen LogP contribution is -2.16. The van der Waals surface area contributed by atoms with Crippen molar-refractivity contribution in [2.75, 3.05) is 6.79 Å². The minimum absolute atomic E-state index is 0.0373. The highest BCUT2D eigenvalue weighted by Gasteiger charge is 2.22. The summed E-state index contributed by atoms with van der Waals surface area (Å²) in [5.74, 6) is -1.57. The van der Waals surface area contributed by atoms with Crippen LogP contribution in [0.5, 0.6) is 5.75 Å². The van der Waals surface area contributed by atoms with Crippen LogP contribution in [0.2, 0.25) is 0 Å². The smallest absolute Gasteiger partial charge is 0.339 e. The number of aromatic carboxylic acids is 1. The van der Waals surface area contributed by atoms with E-state index in [1.54, 1.807) is 0 Å². The molecule has 14 heavy (non-hydrogen) atoms. The summed E-state index contributed by atoms with van der Waals surface area (Å²) in [6, 6.07) is 2.28. The third kappa shape index (κ3) is 1.31. The minimum Gasteiger partial charge on any atom is -0.478 e. The van der Waals surface area contributed by atoms with Crippen molar-refractivity contribution in [2.24, 2.45) is 0 Å². The van der Waals surface area contributed by atoms with E-state index in [1.165, 1.54) is 6.07 Å². The molecule has 0 atom stereocenters. The summed E-state index contributed by atoms with van der Waals surface area (Å²) in [7, 11) is 0. The van der Waals surface area contributed by atoms with Gasteiger partial charge in [-0.05, 0) is 12.1 Å². The quantitative estimate of drug-likeness (QED) is 0.740. The van der Waals surface area contributed by atoms with Gasteiger partial charge in [0.1, 0.15) is 17.1 Å². The minimum atomic E-state index is -1.14. The highest BCUT2D eigenvalue weighted by Crippen LogP contribution is 2.30. The molecular formula is C9H7FO4. The molecule has 0 aromatic heterocycles. The Morgan fingerprint density at radius 3 is 3.00 bits per heavy atom. The molecule has 0 radical (unpaired) electrons. The zero-order chi connectivity index (χ0) is 10.1. The molecule has 1 heterocycles. The first-order chi connectivity index (χ1) is 6.70. The van der Waals surface area contributed by atoms with Gasteiger partial charge in [-0.2, -0.15) is 0 Å². The van der Waals surface area contributed by atoms with Gasteiger partial charge < -0.3 is 14.6 Å². The highest BCUT2D eigenvalue weighted by molar-refractivity contribution is 5.91. The van der Waals surface area contributed by atoms with E-state index < -0.39 is 11.8 Å². The summed E-state index contributed by atoms with van der Waals surface area (Å²) < 4.78 is 23.0. The Morgan fingerprint density at radius 1 is 1.50 bits per heavy atom. The Labute approximate surface area is 78.9 Å². The summed E-state index contributed by atoms with van der Waals surface area (Å²) in [4.78, 5) is 10.7. The van der Waals surface area contributed by atoms with E-state index in [1.807, 2.05) is 0 Å². The molecule has 0 saturated carbocycles. The predicted molar refractivity (Wildman–Crippen MR) is 43.6 cm³/mol. The Bertz CT molecular complexity index is 389. The van der Waals surface area contributed by atoms with E-state index in [2.05, 4.69) is 0 Å². The van der Waals surface area contributed by atoms with E-state index in [0.717, 1.165) is 6.07 Å². The normalized spacial score (nSPS) is 14.4. The van der Waals surface area contributed by atoms with Crippen LogP contribution in [-0.4, -0.2) is 17.9 Å². The van der Waals surface area contributed by atoms with Crippen molar-refractivity contribution in [1.29, 1.82) is 0 Å². The molecule has 0 fully saturated rings. The summed E-state index contributed by atoms with van der Waals surface area (Å²) in [5.41, 5.74) is 0.126. The number of halogens is 1. The lowest BCUT2D eigenvalue weighted by molar-refractivity contribution is -0.0190. The van der Waals surface area contributed by atoms with E-state index in [4.69, 9.17) is 14.6 Å². The van der Waals surface area contributed by atoms with Gasteiger partial charge in [-0.3, -0.25) is 0 Å². The van der Waals surface area contributed by atoms with E-state index in [9.17, 15) is 9.18 Å². The van der Waals surface area contributed by atoms with Crippen molar-refractivity contribution in [3.05, 3.63) is 29.1 Å². The number of hydrogen-bond acceptors (Lipinski definition) is 3. The molecule has 1 aliphatic rings. The summed E-state index contributed by atoms with van der Waals surface area (Å²) in [6.07, 6.45) is 0. The molecule has 1 aliphatic heterocycles. The van der Waals surface area contributed by atoms with Gasteiger partial charge in [-0.15, -0.1) is 0 Å². The van der Waals surface area contributed by atoms with Crippen LogP contribution in [0.3, 0.4) is 0 Å². The molecule has 2 rings (SSSR count). The monoisotopic (exact) mass is 198 g/mol. The van der Waals surface area contributed by atoms with Crippen LogP contribution in [0, 0.1) is 5.82 Å². The fourth-order valence-electron chi connectivity index (χ4n) is 1.32. The standard InChI is InChI=1S/C9H7FO4/c10-7-2-1-5(9(11)12)8-6(7)3-13-4-14-8/h1-2H,3-4H2,(H,11,12). The second-order valence-electron chi connectivity index (χ2n) is 2.82. The molecule has 0 spiro atoms. The van der Waals surface area contributed by atoms with Gasteiger partial charge in [-0.25, -0.2) is 9.18 Å². The molecule has 0 aliphatic carbocycles. The summed E-state index contributed by atoms with van der Waals surface area (Å²) in [5, 5.41) is 8.79. The van der Waals surface area contributed by atoms with E-state index in [0.29, 0.717) is 0 Å². The number of carboxylic acid groups (broad SMARTS) is 1. The number of carbonyl (C=O) groups is 1. The lowest BCUT2D eigenvalue weighted by atomic mass is 10.1. The summed E-state index contributed by atoms with van der Waals surface area (Å²) in [6.45, 7) is -0.000972. The molecule has 1 aromatic rings. The van der Waals surface area contributed by atoms with Gasteiger partial charge in [0.15, 0.2) is 6.79 Å². The van der Waals surface area contributed by atoms with Crippen molar-refractivity contribution < 1.29 is 23.8 Å². The average Bonchev–Trinajstić information content (AvgIpc) is 2.18. The molecule has 74 valence electrons. The van der Waals surface area contributed by atoms with Crippen LogP contribution in [-0.2, 0) is 11.3 Å². The zero-order valence-electron chi connectivity index (χ0n) is 7.12. The predicted octanol–water partition coefficient (Wildman–Crippen LogP) is 1.39. The van der Waals surface area contributed by atoms with Gasteiger partial charge in [0.2, 0.25) is 0 Å². The van der Waals surface area contributed by atoms with Crippen LogP contribution in [0.1, 0.15) is 15.9 Å². The summed E-state index contributed by atoms with van der Waals surface area (Å²) >= 11 is 0. The van der Waals surface area contributed by atoms with Crippen LogP contribution >= 0.6 is 0 Å². The van der Waals surface area contributed by atoms with Gasteiger partial charge in [0.05, 0.1) is 12.2 Å². The number of hydrogen-bond donors (Lipinski definition) is 1.